The molecule has 0 aliphatic heterocycles. The first kappa shape index (κ1) is 13.8. The summed E-state index contributed by atoms with van der Waals surface area (Å²) < 4.78 is 0. The summed E-state index contributed by atoms with van der Waals surface area (Å²) >= 11 is 0. The average molecular weight is 247 g/mol. The fourth-order valence-electron chi connectivity index (χ4n) is 1.37. The van der Waals surface area contributed by atoms with Gasteiger partial charge in [0.15, 0.2) is 0 Å². The molecule has 5 heteroatoms. The maximum absolute atomic E-state index is 10.6. The Hall–Kier alpha value is -2.30. The molecule has 18 heavy (non-hydrogen) atoms. The highest BCUT2D eigenvalue weighted by atomic mass is 16.2. The summed E-state index contributed by atoms with van der Waals surface area (Å²) in [6.45, 7) is 2.13. The molecule has 0 spiro atoms. The summed E-state index contributed by atoms with van der Waals surface area (Å²) in [6, 6.07) is 6.73. The molecule has 0 aliphatic rings. The number of primary amides is 1. The van der Waals surface area contributed by atoms with Crippen molar-refractivity contribution in [2.24, 2.45) is 5.73 Å². The van der Waals surface area contributed by atoms with Crippen LogP contribution in [0.4, 0.5) is 10.5 Å². The average Bonchev–Trinajstić information content (AvgIpc) is 2.30. The zero-order valence-corrected chi connectivity index (χ0v) is 10.3. The van der Waals surface area contributed by atoms with Gasteiger partial charge in [0.05, 0.1) is 0 Å². The number of benzene rings is 1. The first-order valence-electron chi connectivity index (χ1n) is 5.65. The van der Waals surface area contributed by atoms with Crippen molar-refractivity contribution in [1.29, 1.82) is 0 Å². The third kappa shape index (κ3) is 5.69. The van der Waals surface area contributed by atoms with Crippen LogP contribution in [0.15, 0.2) is 30.3 Å². The lowest BCUT2D eigenvalue weighted by Gasteiger charge is -2.01. The maximum Gasteiger partial charge on any atom is 0.316 e. The highest BCUT2D eigenvalue weighted by Gasteiger charge is 1.94. The van der Waals surface area contributed by atoms with Gasteiger partial charge in [-0.3, -0.25) is 4.79 Å². The molecule has 0 atom stereocenters. The number of amides is 3. The van der Waals surface area contributed by atoms with E-state index in [0.29, 0.717) is 12.2 Å². The summed E-state index contributed by atoms with van der Waals surface area (Å²) in [5, 5.41) is 5.20. The predicted molar refractivity (Wildman–Crippen MR) is 72.0 cm³/mol. The minimum atomic E-state index is -0.575. The van der Waals surface area contributed by atoms with Crippen molar-refractivity contribution in [3.05, 3.63) is 35.9 Å². The lowest BCUT2D eigenvalue weighted by molar-refractivity contribution is -0.118. The van der Waals surface area contributed by atoms with Crippen molar-refractivity contribution in [2.75, 3.05) is 11.9 Å². The lowest BCUT2D eigenvalue weighted by Crippen LogP contribution is -2.20. The van der Waals surface area contributed by atoms with Crippen LogP contribution in [-0.4, -0.2) is 18.5 Å². The van der Waals surface area contributed by atoms with Gasteiger partial charge in [-0.1, -0.05) is 24.3 Å². The number of urea groups is 1. The molecule has 0 aliphatic carbocycles. The summed E-state index contributed by atoms with van der Waals surface area (Å²) in [5.74, 6) is -0.0229. The molecule has 0 bridgehead atoms. The van der Waals surface area contributed by atoms with Crippen LogP contribution in [-0.2, 0) is 4.79 Å². The molecule has 0 unspecified atom stereocenters. The summed E-state index contributed by atoms with van der Waals surface area (Å²) in [7, 11) is 0. The van der Waals surface area contributed by atoms with E-state index in [2.05, 4.69) is 10.6 Å². The molecule has 0 saturated heterocycles. The predicted octanol–water partition coefficient (Wildman–Crippen LogP) is 1.72. The second kappa shape index (κ2) is 7.11. The van der Waals surface area contributed by atoms with Gasteiger partial charge in [0.25, 0.3) is 0 Å². The molecule has 0 heterocycles. The minimum Gasteiger partial charge on any atom is -0.356 e. The van der Waals surface area contributed by atoms with E-state index in [1.807, 2.05) is 24.3 Å². The molecule has 1 rings (SSSR count). The third-order valence-corrected chi connectivity index (χ3v) is 2.17. The van der Waals surface area contributed by atoms with Crippen LogP contribution in [0, 0.1) is 0 Å². The van der Waals surface area contributed by atoms with E-state index in [4.69, 9.17) is 5.73 Å². The molecule has 0 radical (unpaired) electrons. The van der Waals surface area contributed by atoms with E-state index in [1.54, 1.807) is 12.1 Å². The van der Waals surface area contributed by atoms with Gasteiger partial charge in [0, 0.05) is 19.2 Å². The van der Waals surface area contributed by atoms with Gasteiger partial charge in [-0.25, -0.2) is 4.79 Å². The van der Waals surface area contributed by atoms with E-state index in [0.717, 1.165) is 12.0 Å². The number of anilines is 1. The number of rotatable bonds is 5. The summed E-state index contributed by atoms with van der Waals surface area (Å²) in [6.07, 6.45) is 4.71. The second-order valence-electron chi connectivity index (χ2n) is 3.79. The van der Waals surface area contributed by atoms with Gasteiger partial charge in [-0.05, 0) is 24.1 Å². The smallest absolute Gasteiger partial charge is 0.316 e. The summed E-state index contributed by atoms with van der Waals surface area (Å²) in [4.78, 5) is 21.2. The maximum atomic E-state index is 10.6. The molecule has 0 saturated carbocycles. The second-order valence-corrected chi connectivity index (χ2v) is 3.79. The third-order valence-electron chi connectivity index (χ3n) is 2.17. The largest absolute Gasteiger partial charge is 0.356 e. The van der Waals surface area contributed by atoms with Gasteiger partial charge in [-0.15, -0.1) is 0 Å². The van der Waals surface area contributed by atoms with E-state index < -0.39 is 6.03 Å². The van der Waals surface area contributed by atoms with Gasteiger partial charge in [-0.2, -0.15) is 0 Å². The van der Waals surface area contributed by atoms with Crippen molar-refractivity contribution < 1.29 is 9.59 Å². The molecule has 4 N–H and O–H groups in total. The number of nitrogens with one attached hydrogen (secondary N) is 2. The number of carbonyl (C=O) groups excluding carboxylic acids is 2. The van der Waals surface area contributed by atoms with Crippen LogP contribution in [0.2, 0.25) is 0 Å². The van der Waals surface area contributed by atoms with Crippen molar-refractivity contribution in [2.45, 2.75) is 13.3 Å². The van der Waals surface area contributed by atoms with Crippen LogP contribution in [0.25, 0.3) is 6.08 Å². The fraction of sp³-hybridized carbons (Fsp3) is 0.231. The Morgan fingerprint density at radius 3 is 2.50 bits per heavy atom. The molecule has 5 nitrogen and oxygen atoms in total. The molecular formula is C13H17N3O2. The van der Waals surface area contributed by atoms with Crippen molar-refractivity contribution in [3.8, 4) is 0 Å². The Balaban J connectivity index is 2.40. The van der Waals surface area contributed by atoms with Crippen LogP contribution in [0.1, 0.15) is 18.9 Å². The van der Waals surface area contributed by atoms with Crippen LogP contribution in [0.3, 0.4) is 0 Å². The van der Waals surface area contributed by atoms with Gasteiger partial charge >= 0.3 is 6.03 Å². The van der Waals surface area contributed by atoms with Crippen molar-refractivity contribution in [3.63, 3.8) is 0 Å². The van der Waals surface area contributed by atoms with Crippen LogP contribution in [0.5, 0.6) is 0 Å². The summed E-state index contributed by atoms with van der Waals surface area (Å²) in [5.41, 5.74) is 6.69. The van der Waals surface area contributed by atoms with E-state index >= 15 is 0 Å². The van der Waals surface area contributed by atoms with E-state index in [-0.39, 0.29) is 5.91 Å². The first-order valence-corrected chi connectivity index (χ1v) is 5.65. The Labute approximate surface area is 106 Å². The quantitative estimate of drug-likeness (QED) is 0.692. The monoisotopic (exact) mass is 247 g/mol. The Kier molecular flexibility index (Phi) is 5.44. The van der Waals surface area contributed by atoms with Crippen molar-refractivity contribution >= 4 is 23.7 Å². The zero-order chi connectivity index (χ0) is 13.4. The Morgan fingerprint density at radius 2 is 1.94 bits per heavy atom. The van der Waals surface area contributed by atoms with Gasteiger partial charge < -0.3 is 16.4 Å². The Bertz CT molecular complexity index is 438. The van der Waals surface area contributed by atoms with Crippen molar-refractivity contribution in [1.82, 2.24) is 5.32 Å². The highest BCUT2D eigenvalue weighted by Crippen LogP contribution is 2.10. The zero-order valence-electron chi connectivity index (χ0n) is 10.3. The topological polar surface area (TPSA) is 84.2 Å². The lowest BCUT2D eigenvalue weighted by atomic mass is 10.2. The molecule has 1 aromatic carbocycles. The number of hydrogen-bond acceptors (Lipinski definition) is 2. The Morgan fingerprint density at radius 1 is 1.28 bits per heavy atom. The molecular weight excluding hydrogens is 230 g/mol. The molecule has 0 aromatic heterocycles. The van der Waals surface area contributed by atoms with Gasteiger partial charge in [0.1, 0.15) is 0 Å². The van der Waals surface area contributed by atoms with E-state index in [1.165, 1.54) is 6.92 Å². The first-order chi connectivity index (χ1) is 8.58. The molecule has 3 amide bonds. The minimum absolute atomic E-state index is 0.0229. The SMILES string of the molecule is CC(=O)NCCC=Cc1ccc(NC(N)=O)cc1. The van der Waals surface area contributed by atoms with Crippen LogP contribution < -0.4 is 16.4 Å². The number of carbonyl (C=O) groups is 2. The molecule has 1 aromatic rings. The normalized spacial score (nSPS) is 10.3. The standard InChI is InChI=1S/C13H17N3O2/c1-10(17)15-9-3-2-4-11-5-7-12(8-6-11)16-13(14)18/h2,4-8H,3,9H2,1H3,(H,15,17)(H3,14,16,18). The van der Waals surface area contributed by atoms with Crippen LogP contribution >= 0.6 is 0 Å². The number of hydrogen-bond donors (Lipinski definition) is 3. The molecule has 0 fully saturated rings. The fourth-order valence-corrected chi connectivity index (χ4v) is 1.37. The molecule has 96 valence electrons. The number of nitrogens with two attached hydrogens (primary N) is 1. The van der Waals surface area contributed by atoms with E-state index in [9.17, 15) is 9.59 Å². The van der Waals surface area contributed by atoms with Gasteiger partial charge in [0.2, 0.25) is 5.91 Å². The highest BCUT2D eigenvalue weighted by molar-refractivity contribution is 5.87.